The maximum absolute atomic E-state index is 13.8. The molecule has 0 fully saturated rings. The minimum atomic E-state index is -0.568. The average Bonchev–Trinajstić information content (AvgIpc) is 3.26. The lowest BCUT2D eigenvalue weighted by Gasteiger charge is -2.05. The molecule has 2 aromatic heterocycles. The molecule has 1 amide bonds. The van der Waals surface area contributed by atoms with Crippen molar-refractivity contribution in [3.63, 3.8) is 0 Å². The first-order chi connectivity index (χ1) is 12.9. The minimum absolute atomic E-state index is 0.0204. The van der Waals surface area contributed by atoms with Crippen LogP contribution in [-0.2, 0) is 17.9 Å². The highest BCUT2D eigenvalue weighted by atomic mass is 35.5. The number of halogens is 2. The molecule has 0 saturated carbocycles. The van der Waals surface area contributed by atoms with Crippen LogP contribution in [0.1, 0.15) is 12.0 Å². The van der Waals surface area contributed by atoms with Gasteiger partial charge in [-0.3, -0.25) is 24.9 Å². The van der Waals surface area contributed by atoms with Gasteiger partial charge in [0.05, 0.1) is 11.5 Å². The molecule has 1 aromatic carbocycles. The number of rotatable bonds is 7. The first kappa shape index (κ1) is 18.5. The Labute approximate surface area is 156 Å². The van der Waals surface area contributed by atoms with Gasteiger partial charge in [-0.2, -0.15) is 5.10 Å². The maximum atomic E-state index is 13.8. The number of hydrogen-bond donors (Lipinski definition) is 1. The summed E-state index contributed by atoms with van der Waals surface area (Å²) in [5.41, 5.74) is 0.116. The topological polar surface area (TPSA) is 121 Å². The zero-order chi connectivity index (χ0) is 19.4. The smallest absolute Gasteiger partial charge is 0.293 e. The lowest BCUT2D eigenvalue weighted by molar-refractivity contribution is -0.385. The molecule has 0 aliphatic rings. The van der Waals surface area contributed by atoms with Crippen LogP contribution in [0.2, 0.25) is 5.02 Å². The van der Waals surface area contributed by atoms with E-state index in [1.165, 1.54) is 34.0 Å². The van der Waals surface area contributed by atoms with Crippen LogP contribution in [0.5, 0.6) is 0 Å². The Kier molecular flexibility index (Phi) is 5.41. The van der Waals surface area contributed by atoms with E-state index in [0.717, 1.165) is 6.20 Å². The summed E-state index contributed by atoms with van der Waals surface area (Å²) < 4.78 is 16.4. The number of hydrogen-bond acceptors (Lipinski definition) is 6. The van der Waals surface area contributed by atoms with Crippen LogP contribution in [0.15, 0.2) is 36.9 Å². The van der Waals surface area contributed by atoms with E-state index in [2.05, 4.69) is 20.5 Å². The largest absolute Gasteiger partial charge is 0.306 e. The summed E-state index contributed by atoms with van der Waals surface area (Å²) in [4.78, 5) is 25.9. The molecule has 3 aromatic rings. The van der Waals surface area contributed by atoms with Crippen molar-refractivity contribution in [3.8, 4) is 0 Å². The van der Waals surface area contributed by atoms with Crippen LogP contribution in [0.3, 0.4) is 0 Å². The van der Waals surface area contributed by atoms with E-state index >= 15 is 0 Å². The van der Waals surface area contributed by atoms with Crippen LogP contribution in [0.4, 0.5) is 16.0 Å². The molecule has 0 atom stereocenters. The van der Waals surface area contributed by atoms with Gasteiger partial charge in [0.25, 0.3) is 0 Å². The Balaban J connectivity index is 1.55. The number of nitrogens with one attached hydrogen (secondary N) is 1. The van der Waals surface area contributed by atoms with Gasteiger partial charge in [0.2, 0.25) is 11.9 Å². The molecular weight excluding hydrogens is 381 g/mol. The van der Waals surface area contributed by atoms with Crippen molar-refractivity contribution >= 4 is 29.1 Å². The lowest BCUT2D eigenvalue weighted by atomic mass is 10.2. The predicted octanol–water partition coefficient (Wildman–Crippen LogP) is 2.25. The Morgan fingerprint density at radius 3 is 2.89 bits per heavy atom. The number of carbonyl (C=O) groups is 1. The summed E-state index contributed by atoms with van der Waals surface area (Å²) in [6.45, 7) is 0.219. The maximum Gasteiger partial charge on any atom is 0.306 e. The molecule has 0 saturated heterocycles. The van der Waals surface area contributed by atoms with Crippen molar-refractivity contribution in [3.05, 3.63) is 63.4 Å². The van der Waals surface area contributed by atoms with Crippen LogP contribution >= 0.6 is 11.6 Å². The number of nitrogens with zero attached hydrogens (tertiary/aromatic N) is 6. The van der Waals surface area contributed by atoms with E-state index in [1.807, 2.05) is 0 Å². The van der Waals surface area contributed by atoms with Gasteiger partial charge in [0.1, 0.15) is 24.5 Å². The van der Waals surface area contributed by atoms with Gasteiger partial charge in [-0.25, -0.2) is 14.1 Å². The fraction of sp³-hybridized carbons (Fsp3) is 0.200. The molecule has 2 heterocycles. The number of nitro groups is 1. The molecule has 10 nitrogen and oxygen atoms in total. The Hall–Kier alpha value is -3.34. The van der Waals surface area contributed by atoms with E-state index < -0.39 is 16.6 Å². The zero-order valence-corrected chi connectivity index (χ0v) is 14.5. The van der Waals surface area contributed by atoms with Gasteiger partial charge in [-0.15, -0.1) is 5.10 Å². The Morgan fingerprint density at radius 1 is 1.37 bits per heavy atom. The molecule has 0 aliphatic heterocycles. The van der Waals surface area contributed by atoms with Crippen LogP contribution in [0, 0.1) is 15.9 Å². The summed E-state index contributed by atoms with van der Waals surface area (Å²) in [6.07, 6.45) is 3.70. The highest BCUT2D eigenvalue weighted by molar-refractivity contribution is 6.31. The number of aromatic nitrogens is 5. The van der Waals surface area contributed by atoms with Gasteiger partial charge in [0.15, 0.2) is 0 Å². The second kappa shape index (κ2) is 7.91. The molecule has 0 bridgehead atoms. The number of benzene rings is 1. The summed E-state index contributed by atoms with van der Waals surface area (Å²) in [5.74, 6) is -0.800. The number of carbonyl (C=O) groups excluding carboxylic acids is 1. The Bertz CT molecular complexity index is 967. The van der Waals surface area contributed by atoms with Gasteiger partial charge in [-0.1, -0.05) is 17.7 Å². The second-order valence-electron chi connectivity index (χ2n) is 5.48. The van der Waals surface area contributed by atoms with Crippen molar-refractivity contribution < 1.29 is 14.1 Å². The molecule has 0 spiro atoms. The van der Waals surface area contributed by atoms with Crippen LogP contribution < -0.4 is 5.32 Å². The fourth-order valence-electron chi connectivity index (χ4n) is 2.25. The third-order valence-electron chi connectivity index (χ3n) is 3.57. The molecule has 1 N–H and O–H groups in total. The minimum Gasteiger partial charge on any atom is -0.293 e. The van der Waals surface area contributed by atoms with Crippen molar-refractivity contribution in [2.24, 2.45) is 0 Å². The van der Waals surface area contributed by atoms with Crippen molar-refractivity contribution in [2.45, 2.75) is 19.5 Å². The average molecular weight is 394 g/mol. The molecule has 27 heavy (non-hydrogen) atoms. The molecule has 0 radical (unpaired) electrons. The summed E-state index contributed by atoms with van der Waals surface area (Å²) >= 11 is 5.97. The van der Waals surface area contributed by atoms with E-state index in [4.69, 9.17) is 11.6 Å². The number of amides is 1. The highest BCUT2D eigenvalue weighted by Gasteiger charge is 2.12. The van der Waals surface area contributed by atoms with Crippen molar-refractivity contribution in [1.82, 2.24) is 24.5 Å². The van der Waals surface area contributed by atoms with E-state index in [0.29, 0.717) is 0 Å². The van der Waals surface area contributed by atoms with Crippen LogP contribution in [0.25, 0.3) is 0 Å². The monoisotopic (exact) mass is 393 g/mol. The summed E-state index contributed by atoms with van der Waals surface area (Å²) in [6, 6.07) is 4.36. The number of anilines is 1. The van der Waals surface area contributed by atoms with Gasteiger partial charge in [-0.05, 0) is 12.1 Å². The van der Waals surface area contributed by atoms with Crippen molar-refractivity contribution in [2.75, 3.05) is 5.32 Å². The molecule has 3 rings (SSSR count). The fourth-order valence-corrected chi connectivity index (χ4v) is 2.47. The van der Waals surface area contributed by atoms with Crippen molar-refractivity contribution in [1.29, 1.82) is 0 Å². The molecule has 12 heteroatoms. The van der Waals surface area contributed by atoms with E-state index in [-0.39, 0.29) is 41.7 Å². The molecule has 0 unspecified atom stereocenters. The number of aryl methyl sites for hydroxylation is 1. The summed E-state index contributed by atoms with van der Waals surface area (Å²) in [5, 5.41) is 21.2. The van der Waals surface area contributed by atoms with Gasteiger partial charge in [0, 0.05) is 23.6 Å². The summed E-state index contributed by atoms with van der Waals surface area (Å²) in [7, 11) is 0. The van der Waals surface area contributed by atoms with E-state index in [9.17, 15) is 19.3 Å². The highest BCUT2D eigenvalue weighted by Crippen LogP contribution is 2.19. The van der Waals surface area contributed by atoms with Crippen LogP contribution in [-0.4, -0.2) is 35.4 Å². The normalized spacial score (nSPS) is 10.7. The van der Waals surface area contributed by atoms with Gasteiger partial charge < -0.3 is 0 Å². The first-order valence-corrected chi connectivity index (χ1v) is 8.09. The molecule has 0 aliphatic carbocycles. The zero-order valence-electron chi connectivity index (χ0n) is 13.7. The molecular formula is C15H13ClFN7O3. The third kappa shape index (κ3) is 4.64. The first-order valence-electron chi connectivity index (χ1n) is 7.71. The molecule has 140 valence electrons. The second-order valence-corrected chi connectivity index (χ2v) is 5.89. The lowest BCUT2D eigenvalue weighted by Crippen LogP contribution is -2.16. The van der Waals surface area contributed by atoms with Gasteiger partial charge >= 0.3 is 5.69 Å². The Morgan fingerprint density at radius 2 is 2.19 bits per heavy atom. The SMILES string of the molecule is O=C(CCn1cc([N+](=O)[O-])cn1)Nc1ncn(Cc2c(F)cccc2Cl)n1. The standard InChI is InChI=1S/C15H13ClFN7O3/c16-12-2-1-3-13(17)11(12)8-23-9-18-15(21-23)20-14(25)4-5-22-7-10(6-19-22)24(26)27/h1-3,6-7,9H,4-5,8H2,(H,20,21,25). The quantitative estimate of drug-likeness (QED) is 0.485. The third-order valence-corrected chi connectivity index (χ3v) is 3.92. The van der Waals surface area contributed by atoms with E-state index in [1.54, 1.807) is 6.07 Å². The predicted molar refractivity (Wildman–Crippen MR) is 92.7 cm³/mol.